The van der Waals surface area contributed by atoms with Gasteiger partial charge in [-0.25, -0.2) is 0 Å². The lowest BCUT2D eigenvalue weighted by atomic mass is 9.75. The summed E-state index contributed by atoms with van der Waals surface area (Å²) in [6.45, 7) is 4.55. The maximum absolute atomic E-state index is 10.6. The number of hydrogen-bond donors (Lipinski definition) is 2. The van der Waals surface area contributed by atoms with Crippen LogP contribution in [0.3, 0.4) is 0 Å². The van der Waals surface area contributed by atoms with E-state index in [-0.39, 0.29) is 12.2 Å². The molecular formula is C30H60O2. The van der Waals surface area contributed by atoms with Gasteiger partial charge in [0.05, 0.1) is 12.2 Å². The second-order valence-electron chi connectivity index (χ2n) is 11.0. The molecule has 0 saturated heterocycles. The lowest BCUT2D eigenvalue weighted by Gasteiger charge is -2.34. The zero-order chi connectivity index (χ0) is 23.3. The molecule has 0 aliphatic heterocycles. The second-order valence-corrected chi connectivity index (χ2v) is 11.0. The lowest BCUT2D eigenvalue weighted by Crippen LogP contribution is -2.30. The van der Waals surface area contributed by atoms with E-state index in [1.165, 1.54) is 116 Å². The van der Waals surface area contributed by atoms with E-state index in [9.17, 15) is 10.2 Å². The van der Waals surface area contributed by atoms with Crippen LogP contribution >= 0.6 is 0 Å². The fraction of sp³-hybridized carbons (Fsp3) is 1.00. The highest BCUT2D eigenvalue weighted by molar-refractivity contribution is 4.81. The highest BCUT2D eigenvalue weighted by Crippen LogP contribution is 2.35. The Balaban J connectivity index is 1.96. The second kappa shape index (κ2) is 21.5. The molecule has 1 rings (SSSR count). The minimum absolute atomic E-state index is 0.102. The monoisotopic (exact) mass is 452 g/mol. The molecule has 0 amide bonds. The molecule has 32 heavy (non-hydrogen) atoms. The lowest BCUT2D eigenvalue weighted by molar-refractivity contribution is 0.0256. The molecule has 1 aliphatic carbocycles. The van der Waals surface area contributed by atoms with Crippen molar-refractivity contribution in [3.8, 4) is 0 Å². The molecule has 0 bridgehead atoms. The molecule has 2 heteroatoms. The van der Waals surface area contributed by atoms with E-state index in [2.05, 4.69) is 13.8 Å². The Hall–Kier alpha value is -0.0800. The maximum atomic E-state index is 10.6. The van der Waals surface area contributed by atoms with Crippen molar-refractivity contribution in [2.75, 3.05) is 0 Å². The topological polar surface area (TPSA) is 40.5 Å². The van der Waals surface area contributed by atoms with Crippen molar-refractivity contribution < 1.29 is 10.2 Å². The Labute approximate surface area is 202 Å². The zero-order valence-corrected chi connectivity index (χ0v) is 22.2. The standard InChI is InChI=1S/C30H60O2/c1-3-5-7-9-11-13-15-17-19-21-29(31)27-23-25-28(26-24-27)30(32)22-20-18-16-14-12-10-8-6-4-2/h27-32H,3-26H2,1-2H3. The molecule has 0 aromatic rings. The molecule has 0 aromatic heterocycles. The molecule has 2 N–H and O–H groups in total. The van der Waals surface area contributed by atoms with Crippen molar-refractivity contribution in [2.45, 2.75) is 180 Å². The fourth-order valence-corrected chi connectivity index (χ4v) is 5.71. The summed E-state index contributed by atoms with van der Waals surface area (Å²) in [7, 11) is 0. The van der Waals surface area contributed by atoms with Gasteiger partial charge in [0.15, 0.2) is 0 Å². The number of aliphatic hydroxyl groups excluding tert-OH is 2. The third-order valence-corrected chi connectivity index (χ3v) is 8.11. The largest absolute Gasteiger partial charge is 0.393 e. The molecule has 0 heterocycles. The first-order valence-corrected chi connectivity index (χ1v) is 15.0. The molecule has 192 valence electrons. The first-order valence-electron chi connectivity index (χ1n) is 15.0. The Morgan fingerprint density at radius 1 is 0.438 bits per heavy atom. The first-order chi connectivity index (χ1) is 15.7. The molecule has 1 aliphatic rings. The maximum Gasteiger partial charge on any atom is 0.0568 e. The Bertz CT molecular complexity index is 339. The Morgan fingerprint density at radius 2 is 0.688 bits per heavy atom. The van der Waals surface area contributed by atoms with Crippen molar-refractivity contribution in [1.82, 2.24) is 0 Å². The summed E-state index contributed by atoms with van der Waals surface area (Å²) in [5, 5.41) is 21.3. The van der Waals surface area contributed by atoms with E-state index in [0.29, 0.717) is 11.8 Å². The third kappa shape index (κ3) is 15.7. The smallest absolute Gasteiger partial charge is 0.0568 e. The first kappa shape index (κ1) is 30.0. The van der Waals surface area contributed by atoms with Crippen LogP contribution in [0, 0.1) is 11.8 Å². The molecule has 2 atom stereocenters. The fourth-order valence-electron chi connectivity index (χ4n) is 5.71. The van der Waals surface area contributed by atoms with Crippen molar-refractivity contribution in [3.63, 3.8) is 0 Å². The quantitative estimate of drug-likeness (QED) is 0.161. The van der Waals surface area contributed by atoms with E-state index in [1.54, 1.807) is 0 Å². The van der Waals surface area contributed by atoms with Crippen LogP contribution in [0.4, 0.5) is 0 Å². The van der Waals surface area contributed by atoms with Gasteiger partial charge in [0, 0.05) is 0 Å². The van der Waals surface area contributed by atoms with Gasteiger partial charge in [-0.05, 0) is 50.4 Å². The van der Waals surface area contributed by atoms with Crippen LogP contribution in [0.2, 0.25) is 0 Å². The minimum Gasteiger partial charge on any atom is -0.393 e. The van der Waals surface area contributed by atoms with E-state index < -0.39 is 0 Å². The number of aliphatic hydroxyl groups is 2. The Kier molecular flexibility index (Phi) is 20.1. The van der Waals surface area contributed by atoms with Crippen LogP contribution in [-0.2, 0) is 0 Å². The molecule has 0 spiro atoms. The molecule has 1 fully saturated rings. The molecule has 0 aromatic carbocycles. The predicted molar refractivity (Wildman–Crippen MR) is 141 cm³/mol. The van der Waals surface area contributed by atoms with Gasteiger partial charge in [-0.1, -0.05) is 129 Å². The SMILES string of the molecule is CCCCCCCCCCCC(O)C1CCC(C(O)CCCCCCCCCCC)CC1. The van der Waals surface area contributed by atoms with Crippen molar-refractivity contribution in [2.24, 2.45) is 11.8 Å². The van der Waals surface area contributed by atoms with Gasteiger partial charge in [0.1, 0.15) is 0 Å². The summed E-state index contributed by atoms with van der Waals surface area (Å²) in [5.41, 5.74) is 0. The number of rotatable bonds is 22. The molecule has 0 radical (unpaired) electrons. The van der Waals surface area contributed by atoms with Crippen molar-refractivity contribution in [1.29, 1.82) is 0 Å². The van der Waals surface area contributed by atoms with Crippen LogP contribution in [0.5, 0.6) is 0 Å². The van der Waals surface area contributed by atoms with Crippen LogP contribution in [0.25, 0.3) is 0 Å². The average molecular weight is 453 g/mol. The van der Waals surface area contributed by atoms with Crippen LogP contribution < -0.4 is 0 Å². The predicted octanol–water partition coefficient (Wildman–Crippen LogP) is 9.36. The summed E-state index contributed by atoms with van der Waals surface area (Å²) < 4.78 is 0. The summed E-state index contributed by atoms with van der Waals surface area (Å²) in [6.07, 6.45) is 30.6. The highest BCUT2D eigenvalue weighted by atomic mass is 16.3. The van der Waals surface area contributed by atoms with E-state index >= 15 is 0 Å². The van der Waals surface area contributed by atoms with Gasteiger partial charge >= 0.3 is 0 Å². The van der Waals surface area contributed by atoms with Gasteiger partial charge < -0.3 is 10.2 Å². The molecule has 2 unspecified atom stereocenters. The minimum atomic E-state index is -0.102. The summed E-state index contributed by atoms with van der Waals surface area (Å²) >= 11 is 0. The summed E-state index contributed by atoms with van der Waals surface area (Å²) in [6, 6.07) is 0. The van der Waals surface area contributed by atoms with E-state index in [0.717, 1.165) is 38.5 Å². The average Bonchev–Trinajstić information content (AvgIpc) is 2.81. The zero-order valence-electron chi connectivity index (χ0n) is 22.2. The van der Waals surface area contributed by atoms with Crippen molar-refractivity contribution in [3.05, 3.63) is 0 Å². The van der Waals surface area contributed by atoms with Gasteiger partial charge in [-0.3, -0.25) is 0 Å². The van der Waals surface area contributed by atoms with Gasteiger partial charge in [-0.15, -0.1) is 0 Å². The van der Waals surface area contributed by atoms with Gasteiger partial charge in [0.25, 0.3) is 0 Å². The number of unbranched alkanes of at least 4 members (excludes halogenated alkanes) is 16. The van der Waals surface area contributed by atoms with Crippen LogP contribution in [-0.4, -0.2) is 22.4 Å². The molecule has 1 saturated carbocycles. The van der Waals surface area contributed by atoms with E-state index in [1.807, 2.05) is 0 Å². The summed E-state index contributed by atoms with van der Waals surface area (Å²) in [4.78, 5) is 0. The van der Waals surface area contributed by atoms with E-state index in [4.69, 9.17) is 0 Å². The van der Waals surface area contributed by atoms with Crippen molar-refractivity contribution >= 4 is 0 Å². The highest BCUT2D eigenvalue weighted by Gasteiger charge is 2.29. The molecular weight excluding hydrogens is 392 g/mol. The number of hydrogen-bond acceptors (Lipinski definition) is 2. The summed E-state index contributed by atoms with van der Waals surface area (Å²) in [5.74, 6) is 0.973. The normalized spacial score (nSPS) is 21.0. The Morgan fingerprint density at radius 3 is 0.969 bits per heavy atom. The van der Waals surface area contributed by atoms with Gasteiger partial charge in [0.2, 0.25) is 0 Å². The van der Waals surface area contributed by atoms with Crippen LogP contribution in [0.15, 0.2) is 0 Å². The van der Waals surface area contributed by atoms with Gasteiger partial charge in [-0.2, -0.15) is 0 Å². The molecule has 2 nitrogen and oxygen atoms in total. The third-order valence-electron chi connectivity index (χ3n) is 8.11. The van der Waals surface area contributed by atoms with Crippen LogP contribution in [0.1, 0.15) is 168 Å².